The Morgan fingerprint density at radius 3 is 2.82 bits per heavy atom. The van der Waals surface area contributed by atoms with Crippen LogP contribution in [-0.2, 0) is 14.8 Å². The van der Waals surface area contributed by atoms with Crippen molar-refractivity contribution in [1.82, 2.24) is 4.72 Å². The lowest BCUT2D eigenvalue weighted by Crippen LogP contribution is -2.32. The number of hydrogen-bond acceptors (Lipinski definition) is 7. The van der Waals surface area contributed by atoms with Gasteiger partial charge in [0, 0.05) is 42.5 Å². The number of nitro benzene ring substituents is 1. The Morgan fingerprint density at radius 1 is 1.21 bits per heavy atom. The number of rotatable bonds is 6. The summed E-state index contributed by atoms with van der Waals surface area (Å²) < 4.78 is 34.0. The number of aromatic hydroxyl groups is 1. The number of nitrogens with one attached hydrogen (secondary N) is 2. The van der Waals surface area contributed by atoms with Gasteiger partial charge in [-0.3, -0.25) is 10.1 Å². The van der Waals surface area contributed by atoms with Crippen molar-refractivity contribution in [3.05, 3.63) is 69.8 Å². The number of allylic oxidation sites excluding steroid dienone is 2. The van der Waals surface area contributed by atoms with Crippen LogP contribution in [0.2, 0.25) is 0 Å². The Hall–Kier alpha value is -2.95. The molecule has 2 heterocycles. The highest BCUT2D eigenvalue weighted by Crippen LogP contribution is 2.51. The molecule has 0 saturated carbocycles. The standard InChI is InChI=1S/C23H25N3O6S/c27-22-9-6-14(26(28)29)11-20(22)23-18-5-1-4-17(18)19-12-16(7-8-21(19)25-23)33(30,31)24-13-15-3-2-10-32-15/h1,4,6-9,11-12,15,17-18,23-25,27H,2-3,5,10,13H2. The average Bonchev–Trinajstić information content (AvgIpc) is 3.49. The van der Waals surface area contributed by atoms with Crippen LogP contribution in [0.15, 0.2) is 53.4 Å². The molecule has 2 aromatic rings. The summed E-state index contributed by atoms with van der Waals surface area (Å²) in [6.45, 7) is 0.908. The van der Waals surface area contributed by atoms with Crippen molar-refractivity contribution in [3.63, 3.8) is 0 Å². The molecule has 174 valence electrons. The Kier molecular flexibility index (Phi) is 5.59. The van der Waals surface area contributed by atoms with Crippen LogP contribution in [0.25, 0.3) is 0 Å². The molecule has 0 spiro atoms. The largest absolute Gasteiger partial charge is 0.508 e. The molecule has 4 unspecified atom stereocenters. The number of sulfonamides is 1. The Bertz CT molecular complexity index is 1220. The second-order valence-electron chi connectivity index (χ2n) is 8.71. The summed E-state index contributed by atoms with van der Waals surface area (Å²) in [6.07, 6.45) is 6.47. The summed E-state index contributed by atoms with van der Waals surface area (Å²) in [6, 6.07) is 8.64. The van der Waals surface area contributed by atoms with E-state index in [0.717, 1.165) is 24.1 Å². The van der Waals surface area contributed by atoms with Crippen molar-refractivity contribution < 1.29 is 23.2 Å². The van der Waals surface area contributed by atoms with Gasteiger partial charge in [0.05, 0.1) is 22.0 Å². The van der Waals surface area contributed by atoms with Crippen LogP contribution in [0.5, 0.6) is 5.75 Å². The van der Waals surface area contributed by atoms with E-state index >= 15 is 0 Å². The van der Waals surface area contributed by atoms with Gasteiger partial charge in [-0.15, -0.1) is 0 Å². The SMILES string of the molecule is O=[N+]([O-])c1ccc(O)c(C2Nc3ccc(S(=O)(=O)NCC4CCCO4)cc3C3C=CCC32)c1. The van der Waals surface area contributed by atoms with E-state index < -0.39 is 14.9 Å². The van der Waals surface area contributed by atoms with Gasteiger partial charge in [0.25, 0.3) is 5.69 Å². The van der Waals surface area contributed by atoms with E-state index in [1.54, 1.807) is 18.2 Å². The summed E-state index contributed by atoms with van der Waals surface area (Å²) in [7, 11) is -3.69. The maximum absolute atomic E-state index is 12.9. The van der Waals surface area contributed by atoms with E-state index in [0.29, 0.717) is 18.6 Å². The second-order valence-corrected chi connectivity index (χ2v) is 10.5. The molecular weight excluding hydrogens is 446 g/mol. The van der Waals surface area contributed by atoms with E-state index in [2.05, 4.69) is 10.0 Å². The number of nitrogens with zero attached hydrogens (tertiary/aromatic N) is 1. The highest BCUT2D eigenvalue weighted by atomic mass is 32.2. The van der Waals surface area contributed by atoms with Gasteiger partial charge in [0.15, 0.2) is 0 Å². The third-order valence-corrected chi connectivity index (χ3v) is 8.15. The number of ether oxygens (including phenoxy) is 1. The number of anilines is 1. The van der Waals surface area contributed by atoms with E-state index in [1.807, 2.05) is 12.2 Å². The van der Waals surface area contributed by atoms with Crippen LogP contribution < -0.4 is 10.0 Å². The minimum absolute atomic E-state index is 0.00951. The topological polar surface area (TPSA) is 131 Å². The van der Waals surface area contributed by atoms with E-state index in [9.17, 15) is 23.6 Å². The first-order chi connectivity index (χ1) is 15.8. The average molecular weight is 472 g/mol. The lowest BCUT2D eigenvalue weighted by molar-refractivity contribution is -0.385. The highest BCUT2D eigenvalue weighted by Gasteiger charge is 2.40. The van der Waals surface area contributed by atoms with E-state index in [4.69, 9.17) is 4.74 Å². The first-order valence-electron chi connectivity index (χ1n) is 11.0. The van der Waals surface area contributed by atoms with Gasteiger partial charge in [-0.05, 0) is 55.0 Å². The summed E-state index contributed by atoms with van der Waals surface area (Å²) in [5.41, 5.74) is 1.98. The number of nitro groups is 1. The van der Waals surface area contributed by atoms with Crippen LogP contribution in [0.1, 0.15) is 42.3 Å². The Morgan fingerprint density at radius 2 is 2.06 bits per heavy atom. The summed E-state index contributed by atoms with van der Waals surface area (Å²) in [4.78, 5) is 11.0. The zero-order valence-corrected chi connectivity index (χ0v) is 18.6. The molecule has 4 atom stereocenters. The molecule has 3 N–H and O–H groups in total. The number of benzene rings is 2. The normalized spacial score (nSPS) is 25.9. The van der Waals surface area contributed by atoms with Crippen molar-refractivity contribution in [1.29, 1.82) is 0 Å². The first kappa shape index (κ1) is 21.9. The number of phenolic OH excluding ortho intramolecular Hbond substituents is 1. The quantitative estimate of drug-likeness (QED) is 0.333. The van der Waals surface area contributed by atoms with Gasteiger partial charge in [0.1, 0.15) is 5.75 Å². The van der Waals surface area contributed by atoms with Crippen molar-refractivity contribution in [2.75, 3.05) is 18.5 Å². The summed E-state index contributed by atoms with van der Waals surface area (Å²) in [5.74, 6) is -0.0915. The van der Waals surface area contributed by atoms with Gasteiger partial charge in [-0.25, -0.2) is 13.1 Å². The van der Waals surface area contributed by atoms with Crippen LogP contribution in [0.4, 0.5) is 11.4 Å². The predicted molar refractivity (Wildman–Crippen MR) is 122 cm³/mol. The monoisotopic (exact) mass is 471 g/mol. The van der Waals surface area contributed by atoms with Crippen LogP contribution >= 0.6 is 0 Å². The van der Waals surface area contributed by atoms with Crippen molar-refractivity contribution in [2.24, 2.45) is 5.92 Å². The predicted octanol–water partition coefficient (Wildman–Crippen LogP) is 3.58. The van der Waals surface area contributed by atoms with Crippen LogP contribution in [0.3, 0.4) is 0 Å². The second kappa shape index (κ2) is 8.44. The fourth-order valence-electron chi connectivity index (χ4n) is 5.04. The summed E-state index contributed by atoms with van der Waals surface area (Å²) >= 11 is 0. The van der Waals surface area contributed by atoms with E-state index in [-0.39, 0.29) is 46.9 Å². The fourth-order valence-corrected chi connectivity index (χ4v) is 6.14. The van der Waals surface area contributed by atoms with Gasteiger partial charge in [-0.1, -0.05) is 12.2 Å². The third-order valence-electron chi connectivity index (χ3n) is 6.73. The minimum atomic E-state index is -3.69. The van der Waals surface area contributed by atoms with Gasteiger partial charge in [-0.2, -0.15) is 0 Å². The number of non-ortho nitro benzene ring substituents is 1. The molecule has 2 aliphatic heterocycles. The molecule has 0 radical (unpaired) electrons. The molecule has 0 amide bonds. The summed E-state index contributed by atoms with van der Waals surface area (Å²) in [5, 5.41) is 25.1. The molecule has 1 aliphatic carbocycles. The Balaban J connectivity index is 1.45. The smallest absolute Gasteiger partial charge is 0.270 e. The van der Waals surface area contributed by atoms with Gasteiger partial charge in [0.2, 0.25) is 10.0 Å². The van der Waals surface area contributed by atoms with Crippen molar-refractivity contribution >= 4 is 21.4 Å². The molecule has 9 nitrogen and oxygen atoms in total. The molecular formula is C23H25N3O6S. The molecule has 3 aliphatic rings. The molecule has 2 aromatic carbocycles. The van der Waals surface area contributed by atoms with Crippen LogP contribution in [-0.4, -0.2) is 37.7 Å². The van der Waals surface area contributed by atoms with E-state index in [1.165, 1.54) is 18.2 Å². The lowest BCUT2D eigenvalue weighted by Gasteiger charge is -2.37. The van der Waals surface area contributed by atoms with Gasteiger partial charge < -0.3 is 15.2 Å². The zero-order chi connectivity index (χ0) is 23.2. The third kappa shape index (κ3) is 4.09. The maximum Gasteiger partial charge on any atom is 0.270 e. The van der Waals surface area contributed by atoms with Crippen molar-refractivity contribution in [2.45, 2.75) is 42.2 Å². The van der Waals surface area contributed by atoms with Crippen LogP contribution in [0, 0.1) is 16.0 Å². The molecule has 5 rings (SSSR count). The molecule has 0 aromatic heterocycles. The fraction of sp³-hybridized carbons (Fsp3) is 0.391. The van der Waals surface area contributed by atoms with Gasteiger partial charge >= 0.3 is 0 Å². The molecule has 0 bridgehead atoms. The molecule has 1 saturated heterocycles. The number of phenols is 1. The molecule has 33 heavy (non-hydrogen) atoms. The molecule has 10 heteroatoms. The minimum Gasteiger partial charge on any atom is -0.508 e. The van der Waals surface area contributed by atoms with Crippen molar-refractivity contribution in [3.8, 4) is 5.75 Å². The zero-order valence-electron chi connectivity index (χ0n) is 17.8. The lowest BCUT2D eigenvalue weighted by atomic mass is 9.77. The number of hydrogen-bond donors (Lipinski definition) is 3. The highest BCUT2D eigenvalue weighted by molar-refractivity contribution is 7.89. The Labute approximate surface area is 191 Å². The number of fused-ring (bicyclic) bond motifs is 3. The molecule has 1 fully saturated rings. The first-order valence-corrected chi connectivity index (χ1v) is 12.5. The maximum atomic E-state index is 12.9.